The molecule has 1 rings (SSSR count). The Morgan fingerprint density at radius 2 is 2.00 bits per heavy atom. The van der Waals surface area contributed by atoms with Gasteiger partial charge in [-0.1, -0.05) is 29.8 Å². The second-order valence-corrected chi connectivity index (χ2v) is 6.38. The molecule has 0 saturated carbocycles. The minimum absolute atomic E-state index is 0.205. The predicted molar refractivity (Wildman–Crippen MR) is 70.8 cm³/mol. The van der Waals surface area contributed by atoms with Crippen molar-refractivity contribution >= 4 is 27.5 Å². The van der Waals surface area contributed by atoms with Crippen molar-refractivity contribution in [2.45, 2.75) is 6.54 Å². The van der Waals surface area contributed by atoms with Crippen LogP contribution in [0, 0.1) is 0 Å². The average molecular weight is 291 g/mol. The zero-order valence-corrected chi connectivity index (χ0v) is 11.8. The molecule has 0 unspecified atom stereocenters. The number of nitrogens with one attached hydrogen (secondary N) is 1. The van der Waals surface area contributed by atoms with Crippen LogP contribution in [-0.2, 0) is 21.4 Å². The van der Waals surface area contributed by atoms with Crippen LogP contribution in [0.25, 0.3) is 0 Å². The molecule has 0 saturated heterocycles. The van der Waals surface area contributed by atoms with E-state index in [0.717, 1.165) is 16.1 Å². The van der Waals surface area contributed by atoms with E-state index in [0.29, 0.717) is 5.02 Å². The molecule has 0 aliphatic heterocycles. The number of carbonyl (C=O) groups excluding carboxylic acids is 1. The first kappa shape index (κ1) is 14.9. The minimum Gasteiger partial charge on any atom is -0.351 e. The van der Waals surface area contributed by atoms with Gasteiger partial charge in [0, 0.05) is 18.6 Å². The van der Waals surface area contributed by atoms with E-state index in [1.165, 1.54) is 7.05 Å². The van der Waals surface area contributed by atoms with Gasteiger partial charge in [0.05, 0.1) is 12.8 Å². The summed E-state index contributed by atoms with van der Waals surface area (Å²) in [4.78, 5) is 11.5. The largest absolute Gasteiger partial charge is 0.351 e. The van der Waals surface area contributed by atoms with Gasteiger partial charge >= 0.3 is 0 Å². The highest BCUT2D eigenvalue weighted by Crippen LogP contribution is 2.14. The van der Waals surface area contributed by atoms with Crippen molar-refractivity contribution in [3.63, 3.8) is 0 Å². The monoisotopic (exact) mass is 290 g/mol. The normalized spacial score (nSPS) is 11.6. The number of sulfonamides is 1. The summed E-state index contributed by atoms with van der Waals surface area (Å²) in [5.41, 5.74) is 0.787. The number of rotatable bonds is 5. The molecule has 0 radical (unpaired) electrons. The molecule has 0 aromatic heterocycles. The van der Waals surface area contributed by atoms with Gasteiger partial charge in [-0.3, -0.25) is 4.79 Å². The van der Waals surface area contributed by atoms with Crippen LogP contribution >= 0.6 is 11.6 Å². The van der Waals surface area contributed by atoms with Crippen molar-refractivity contribution in [3.05, 3.63) is 34.9 Å². The van der Waals surface area contributed by atoms with Crippen molar-refractivity contribution in [2.24, 2.45) is 0 Å². The van der Waals surface area contributed by atoms with Crippen LogP contribution in [0.15, 0.2) is 24.3 Å². The lowest BCUT2D eigenvalue weighted by molar-refractivity contribution is -0.121. The van der Waals surface area contributed by atoms with Gasteiger partial charge in [-0.25, -0.2) is 8.42 Å². The summed E-state index contributed by atoms with van der Waals surface area (Å²) in [5, 5.41) is 3.18. The number of hydrogen-bond donors (Lipinski definition) is 1. The van der Waals surface area contributed by atoms with E-state index in [1.807, 2.05) is 6.07 Å². The molecule has 0 spiro atoms. The lowest BCUT2D eigenvalue weighted by Crippen LogP contribution is -2.37. The third-order valence-corrected chi connectivity index (χ3v) is 4.00. The van der Waals surface area contributed by atoms with Crippen LogP contribution in [0.1, 0.15) is 5.56 Å². The number of hydrogen-bond acceptors (Lipinski definition) is 3. The highest BCUT2D eigenvalue weighted by Gasteiger charge is 2.14. The molecule has 0 bridgehead atoms. The molecule has 100 valence electrons. The standard InChI is InChI=1S/C11H15ClN2O3S/c1-14(18(2,16)17)8-11(15)13-7-9-5-3-4-6-10(9)12/h3-6H,7-8H2,1-2H3,(H,13,15). The molecule has 7 heteroatoms. The second-order valence-electron chi connectivity index (χ2n) is 3.89. The summed E-state index contributed by atoms with van der Waals surface area (Å²) in [6, 6.07) is 7.13. The first-order valence-corrected chi connectivity index (χ1v) is 7.44. The molecule has 1 aromatic carbocycles. The quantitative estimate of drug-likeness (QED) is 0.874. The summed E-state index contributed by atoms with van der Waals surface area (Å²) in [6.45, 7) is 0.0688. The van der Waals surface area contributed by atoms with Crippen LogP contribution in [-0.4, -0.2) is 38.5 Å². The maximum atomic E-state index is 11.5. The van der Waals surface area contributed by atoms with Gasteiger partial charge in [-0.2, -0.15) is 4.31 Å². The molecule has 0 aliphatic rings. The topological polar surface area (TPSA) is 66.5 Å². The lowest BCUT2D eigenvalue weighted by atomic mass is 10.2. The summed E-state index contributed by atoms with van der Waals surface area (Å²) in [5.74, 6) is -0.372. The Labute approximate surface area is 112 Å². The number of likely N-dealkylation sites (N-methyl/N-ethyl adjacent to an activating group) is 1. The van der Waals surface area contributed by atoms with Crippen molar-refractivity contribution < 1.29 is 13.2 Å². The summed E-state index contributed by atoms with van der Waals surface area (Å²) in [6.07, 6.45) is 1.05. The van der Waals surface area contributed by atoms with Crippen molar-refractivity contribution in [1.82, 2.24) is 9.62 Å². The van der Waals surface area contributed by atoms with E-state index < -0.39 is 10.0 Å². The molecule has 0 aliphatic carbocycles. The minimum atomic E-state index is -3.34. The van der Waals surface area contributed by atoms with Gasteiger partial charge in [-0.05, 0) is 11.6 Å². The fourth-order valence-corrected chi connectivity index (χ4v) is 1.77. The Morgan fingerprint density at radius 3 is 2.56 bits per heavy atom. The van der Waals surface area contributed by atoms with E-state index in [2.05, 4.69) is 5.32 Å². The first-order valence-electron chi connectivity index (χ1n) is 5.22. The third-order valence-electron chi connectivity index (χ3n) is 2.37. The molecule has 1 N–H and O–H groups in total. The molecule has 18 heavy (non-hydrogen) atoms. The summed E-state index contributed by atoms with van der Waals surface area (Å²) >= 11 is 5.93. The van der Waals surface area contributed by atoms with Gasteiger partial charge in [0.1, 0.15) is 0 Å². The molecule has 0 fully saturated rings. The van der Waals surface area contributed by atoms with Gasteiger partial charge in [0.15, 0.2) is 0 Å². The van der Waals surface area contributed by atoms with Crippen molar-refractivity contribution in [2.75, 3.05) is 19.8 Å². The highest BCUT2D eigenvalue weighted by atomic mass is 35.5. The van der Waals surface area contributed by atoms with Gasteiger partial charge in [-0.15, -0.1) is 0 Å². The number of benzene rings is 1. The second kappa shape index (κ2) is 6.17. The van der Waals surface area contributed by atoms with Crippen LogP contribution < -0.4 is 5.32 Å². The molecular weight excluding hydrogens is 276 g/mol. The Bertz CT molecular complexity index is 531. The Morgan fingerprint density at radius 1 is 1.39 bits per heavy atom. The van der Waals surface area contributed by atoms with Crippen molar-refractivity contribution in [1.29, 1.82) is 0 Å². The number of halogens is 1. The fourth-order valence-electron chi connectivity index (χ4n) is 1.21. The van der Waals surface area contributed by atoms with Gasteiger partial charge < -0.3 is 5.32 Å². The van der Waals surface area contributed by atoms with Gasteiger partial charge in [0.2, 0.25) is 15.9 Å². The number of carbonyl (C=O) groups is 1. The van der Waals surface area contributed by atoms with E-state index in [-0.39, 0.29) is 19.0 Å². The summed E-state index contributed by atoms with van der Waals surface area (Å²) in [7, 11) is -1.99. The molecule has 0 atom stereocenters. The number of amides is 1. The van der Waals surface area contributed by atoms with E-state index in [4.69, 9.17) is 11.6 Å². The van der Waals surface area contributed by atoms with E-state index in [1.54, 1.807) is 18.2 Å². The van der Waals surface area contributed by atoms with Crippen LogP contribution in [0.2, 0.25) is 5.02 Å². The number of nitrogens with zero attached hydrogens (tertiary/aromatic N) is 1. The van der Waals surface area contributed by atoms with Crippen LogP contribution in [0.4, 0.5) is 0 Å². The first-order chi connectivity index (χ1) is 8.30. The Kier molecular flexibility index (Phi) is 5.13. The Hall–Kier alpha value is -1.11. The highest BCUT2D eigenvalue weighted by molar-refractivity contribution is 7.88. The van der Waals surface area contributed by atoms with E-state index >= 15 is 0 Å². The lowest BCUT2D eigenvalue weighted by Gasteiger charge is -2.13. The molecular formula is C11H15ClN2O3S. The molecule has 0 heterocycles. The predicted octanol–water partition coefficient (Wildman–Crippen LogP) is 0.848. The van der Waals surface area contributed by atoms with Crippen LogP contribution in [0.3, 0.4) is 0 Å². The average Bonchev–Trinajstić information content (AvgIpc) is 2.26. The third kappa shape index (κ3) is 4.64. The Balaban J connectivity index is 2.50. The zero-order valence-electron chi connectivity index (χ0n) is 10.2. The van der Waals surface area contributed by atoms with Gasteiger partial charge in [0.25, 0.3) is 0 Å². The smallest absolute Gasteiger partial charge is 0.235 e. The molecule has 1 amide bonds. The maximum absolute atomic E-state index is 11.5. The van der Waals surface area contributed by atoms with Crippen molar-refractivity contribution in [3.8, 4) is 0 Å². The molecule has 5 nitrogen and oxygen atoms in total. The van der Waals surface area contributed by atoms with Crippen LogP contribution in [0.5, 0.6) is 0 Å². The zero-order chi connectivity index (χ0) is 13.8. The summed E-state index contributed by atoms with van der Waals surface area (Å²) < 4.78 is 23.2. The van der Waals surface area contributed by atoms with E-state index in [9.17, 15) is 13.2 Å². The SMILES string of the molecule is CN(CC(=O)NCc1ccccc1Cl)S(C)(=O)=O. The molecule has 1 aromatic rings. The fraction of sp³-hybridized carbons (Fsp3) is 0.364. The maximum Gasteiger partial charge on any atom is 0.235 e.